The number of aromatic nitrogens is 2. The van der Waals surface area contributed by atoms with Crippen molar-refractivity contribution in [1.82, 2.24) is 10.2 Å². The number of aryl methyl sites for hydroxylation is 1. The first kappa shape index (κ1) is 14.1. The van der Waals surface area contributed by atoms with Gasteiger partial charge in [-0.05, 0) is 36.8 Å². The van der Waals surface area contributed by atoms with Crippen LogP contribution in [-0.2, 0) is 0 Å². The van der Waals surface area contributed by atoms with Gasteiger partial charge in [0.25, 0.3) is 0 Å². The summed E-state index contributed by atoms with van der Waals surface area (Å²) in [6.07, 6.45) is 1.70. The van der Waals surface area contributed by atoms with E-state index in [1.165, 1.54) is 0 Å². The molecule has 3 rings (SSSR count). The molecule has 0 radical (unpaired) electrons. The van der Waals surface area contributed by atoms with Gasteiger partial charge in [-0.3, -0.25) is 0 Å². The van der Waals surface area contributed by atoms with Gasteiger partial charge < -0.3 is 9.15 Å². The molecule has 110 valence electrons. The minimum absolute atomic E-state index is 0.460. The largest absolute Gasteiger partial charge is 0.490 e. The Labute approximate surface area is 129 Å². The van der Waals surface area contributed by atoms with Crippen LogP contribution in [-0.4, -0.2) is 16.8 Å². The first-order valence-electron chi connectivity index (χ1n) is 7.01. The molecular weight excluding hydrogens is 276 g/mol. The minimum atomic E-state index is 0.460. The van der Waals surface area contributed by atoms with Crippen LogP contribution in [0.4, 0.5) is 0 Å². The van der Waals surface area contributed by atoms with Gasteiger partial charge in [-0.2, -0.15) is 0 Å². The maximum Gasteiger partial charge on any atom is 0.248 e. The second-order valence-corrected chi connectivity index (χ2v) is 4.85. The predicted molar refractivity (Wildman–Crippen MR) is 85.6 cm³/mol. The van der Waals surface area contributed by atoms with Gasteiger partial charge in [0.15, 0.2) is 0 Å². The van der Waals surface area contributed by atoms with Crippen molar-refractivity contribution in [2.24, 2.45) is 0 Å². The summed E-state index contributed by atoms with van der Waals surface area (Å²) >= 11 is 0. The van der Waals surface area contributed by atoms with Crippen molar-refractivity contribution < 1.29 is 9.15 Å². The summed E-state index contributed by atoms with van der Waals surface area (Å²) in [7, 11) is 0. The van der Waals surface area contributed by atoms with Crippen LogP contribution in [0.25, 0.3) is 22.9 Å². The molecule has 4 nitrogen and oxygen atoms in total. The van der Waals surface area contributed by atoms with E-state index in [1.54, 1.807) is 6.08 Å². The van der Waals surface area contributed by atoms with Gasteiger partial charge in [-0.25, -0.2) is 0 Å². The summed E-state index contributed by atoms with van der Waals surface area (Å²) in [5.74, 6) is 1.74. The van der Waals surface area contributed by atoms with Crippen LogP contribution >= 0.6 is 0 Å². The first-order chi connectivity index (χ1) is 10.8. The molecule has 0 N–H and O–H groups in total. The third-order valence-corrected chi connectivity index (χ3v) is 3.25. The fraction of sp³-hybridized carbons (Fsp3) is 0.111. The quantitative estimate of drug-likeness (QED) is 0.659. The van der Waals surface area contributed by atoms with E-state index >= 15 is 0 Å². The molecule has 0 aliphatic heterocycles. The number of hydrogen-bond donors (Lipinski definition) is 0. The standard InChI is InChI=1S/C18H16N2O2/c1-3-11-21-15-9-6-8-14(12-15)17-19-20-18(22-17)16-10-5-4-7-13(16)2/h3-10,12H,1,11H2,2H3. The van der Waals surface area contributed by atoms with Crippen LogP contribution in [0, 0.1) is 6.92 Å². The molecule has 0 aliphatic carbocycles. The summed E-state index contributed by atoms with van der Waals surface area (Å²) in [5, 5.41) is 8.27. The van der Waals surface area contributed by atoms with Crippen molar-refractivity contribution in [1.29, 1.82) is 0 Å². The predicted octanol–water partition coefficient (Wildman–Crippen LogP) is 4.28. The van der Waals surface area contributed by atoms with Crippen LogP contribution in [0.1, 0.15) is 5.56 Å². The van der Waals surface area contributed by atoms with E-state index in [9.17, 15) is 0 Å². The average Bonchev–Trinajstić information content (AvgIpc) is 3.03. The summed E-state index contributed by atoms with van der Waals surface area (Å²) in [4.78, 5) is 0. The molecule has 0 saturated heterocycles. The van der Waals surface area contributed by atoms with E-state index in [-0.39, 0.29) is 0 Å². The molecule has 0 fully saturated rings. The molecule has 0 bridgehead atoms. The Morgan fingerprint density at radius 3 is 2.73 bits per heavy atom. The normalized spacial score (nSPS) is 10.4. The highest BCUT2D eigenvalue weighted by molar-refractivity contribution is 5.61. The zero-order chi connectivity index (χ0) is 15.4. The molecule has 4 heteroatoms. The summed E-state index contributed by atoms with van der Waals surface area (Å²) in [6, 6.07) is 15.5. The van der Waals surface area contributed by atoms with Crippen LogP contribution in [0.15, 0.2) is 65.6 Å². The van der Waals surface area contributed by atoms with Crippen molar-refractivity contribution in [3.8, 4) is 28.7 Å². The molecule has 1 aromatic heterocycles. The molecule has 0 saturated carbocycles. The third kappa shape index (κ3) is 2.91. The maximum absolute atomic E-state index is 5.80. The highest BCUT2D eigenvalue weighted by Gasteiger charge is 2.12. The van der Waals surface area contributed by atoms with Gasteiger partial charge in [0.1, 0.15) is 12.4 Å². The van der Waals surface area contributed by atoms with Gasteiger partial charge in [-0.15, -0.1) is 10.2 Å². The topological polar surface area (TPSA) is 48.2 Å². The molecule has 0 aliphatic rings. The maximum atomic E-state index is 5.80. The summed E-state index contributed by atoms with van der Waals surface area (Å²) in [6.45, 7) is 6.11. The molecule has 0 amide bonds. The first-order valence-corrected chi connectivity index (χ1v) is 7.01. The minimum Gasteiger partial charge on any atom is -0.490 e. The highest BCUT2D eigenvalue weighted by atomic mass is 16.5. The summed E-state index contributed by atoms with van der Waals surface area (Å²) in [5.41, 5.74) is 2.87. The molecule has 2 aromatic carbocycles. The number of benzene rings is 2. The smallest absolute Gasteiger partial charge is 0.248 e. The Morgan fingerprint density at radius 2 is 1.91 bits per heavy atom. The molecule has 3 aromatic rings. The Kier molecular flexibility index (Phi) is 4.01. The van der Waals surface area contributed by atoms with E-state index in [2.05, 4.69) is 16.8 Å². The fourth-order valence-corrected chi connectivity index (χ4v) is 2.14. The third-order valence-electron chi connectivity index (χ3n) is 3.25. The Hall–Kier alpha value is -2.88. The van der Waals surface area contributed by atoms with Gasteiger partial charge in [0.2, 0.25) is 11.8 Å². The van der Waals surface area contributed by atoms with Crippen molar-refractivity contribution in [2.45, 2.75) is 6.92 Å². The van der Waals surface area contributed by atoms with Crippen molar-refractivity contribution >= 4 is 0 Å². The summed E-state index contributed by atoms with van der Waals surface area (Å²) < 4.78 is 11.3. The molecule has 0 unspecified atom stereocenters. The van der Waals surface area contributed by atoms with Crippen LogP contribution in [0.3, 0.4) is 0 Å². The van der Waals surface area contributed by atoms with E-state index in [0.29, 0.717) is 18.4 Å². The monoisotopic (exact) mass is 292 g/mol. The number of hydrogen-bond acceptors (Lipinski definition) is 4. The van der Waals surface area contributed by atoms with Crippen molar-refractivity contribution in [3.63, 3.8) is 0 Å². The number of rotatable bonds is 5. The molecule has 22 heavy (non-hydrogen) atoms. The highest BCUT2D eigenvalue weighted by Crippen LogP contribution is 2.27. The number of nitrogens with zero attached hydrogens (tertiary/aromatic N) is 2. The zero-order valence-electron chi connectivity index (χ0n) is 12.3. The molecule has 1 heterocycles. The van der Waals surface area contributed by atoms with Gasteiger partial charge in [-0.1, -0.05) is 36.9 Å². The van der Waals surface area contributed by atoms with Gasteiger partial charge in [0.05, 0.1) is 0 Å². The average molecular weight is 292 g/mol. The fourth-order valence-electron chi connectivity index (χ4n) is 2.14. The van der Waals surface area contributed by atoms with Gasteiger partial charge >= 0.3 is 0 Å². The Balaban J connectivity index is 1.91. The number of ether oxygens (including phenoxy) is 1. The second-order valence-electron chi connectivity index (χ2n) is 4.85. The Bertz CT molecular complexity index is 793. The van der Waals surface area contributed by atoms with Crippen LogP contribution in [0.5, 0.6) is 5.75 Å². The lowest BCUT2D eigenvalue weighted by Gasteiger charge is -2.03. The lowest BCUT2D eigenvalue weighted by atomic mass is 10.1. The van der Waals surface area contributed by atoms with E-state index in [0.717, 1.165) is 22.4 Å². The molecule has 0 atom stereocenters. The SMILES string of the molecule is C=CCOc1cccc(-c2nnc(-c3ccccc3C)o2)c1. The van der Waals surface area contributed by atoms with Crippen molar-refractivity contribution in [3.05, 3.63) is 66.7 Å². The van der Waals surface area contributed by atoms with E-state index in [4.69, 9.17) is 9.15 Å². The van der Waals surface area contributed by atoms with Crippen LogP contribution < -0.4 is 4.74 Å². The van der Waals surface area contributed by atoms with Crippen LogP contribution in [0.2, 0.25) is 0 Å². The lowest BCUT2D eigenvalue weighted by molar-refractivity contribution is 0.363. The lowest BCUT2D eigenvalue weighted by Crippen LogP contribution is -1.92. The molecule has 0 spiro atoms. The molecular formula is C18H16N2O2. The van der Waals surface area contributed by atoms with E-state index in [1.807, 2.05) is 55.5 Å². The zero-order valence-corrected chi connectivity index (χ0v) is 12.3. The van der Waals surface area contributed by atoms with Crippen molar-refractivity contribution in [2.75, 3.05) is 6.61 Å². The Morgan fingerprint density at radius 1 is 1.09 bits per heavy atom. The second kappa shape index (κ2) is 6.26. The van der Waals surface area contributed by atoms with Gasteiger partial charge in [0, 0.05) is 11.1 Å². The van der Waals surface area contributed by atoms with E-state index < -0.39 is 0 Å².